The predicted octanol–water partition coefficient (Wildman–Crippen LogP) is 0.602. The average Bonchev–Trinajstić information content (AvgIpc) is 2.04. The number of hydrogen-bond acceptors (Lipinski definition) is 3. The molecule has 0 aliphatic carbocycles. The van der Waals surface area contributed by atoms with Gasteiger partial charge in [0.15, 0.2) is 0 Å². The molecule has 0 aliphatic heterocycles. The third kappa shape index (κ3) is 17.8. The van der Waals surface area contributed by atoms with Crippen LogP contribution in [0.1, 0.15) is 0 Å². The summed E-state index contributed by atoms with van der Waals surface area (Å²) in [6.07, 6.45) is 1.94. The van der Waals surface area contributed by atoms with E-state index in [-0.39, 0.29) is 0 Å². The SMILES string of the molecule is C=CC(=O)O.C=CC(=O)OC. The Labute approximate surface area is 64.8 Å². The predicted molar refractivity (Wildman–Crippen MR) is 40.0 cm³/mol. The monoisotopic (exact) mass is 158 g/mol. The number of methoxy groups -OCH3 is 1. The molecule has 0 atom stereocenters. The topological polar surface area (TPSA) is 63.6 Å². The van der Waals surface area contributed by atoms with Crippen molar-refractivity contribution >= 4 is 11.9 Å². The van der Waals surface area contributed by atoms with Crippen LogP contribution in [-0.4, -0.2) is 24.2 Å². The van der Waals surface area contributed by atoms with Gasteiger partial charge in [0.25, 0.3) is 0 Å². The zero-order chi connectivity index (χ0) is 9.28. The van der Waals surface area contributed by atoms with E-state index in [1.807, 2.05) is 0 Å². The van der Waals surface area contributed by atoms with Crippen LogP contribution in [0.5, 0.6) is 0 Å². The highest BCUT2D eigenvalue weighted by Crippen LogP contribution is 1.67. The van der Waals surface area contributed by atoms with Crippen molar-refractivity contribution in [2.45, 2.75) is 0 Å². The van der Waals surface area contributed by atoms with Gasteiger partial charge in [-0.25, -0.2) is 9.59 Å². The average molecular weight is 158 g/mol. The molecule has 0 aromatic heterocycles. The number of carbonyl (C=O) groups excluding carboxylic acids is 1. The molecule has 62 valence electrons. The molecule has 4 heteroatoms. The van der Waals surface area contributed by atoms with E-state index in [2.05, 4.69) is 17.9 Å². The molecule has 0 bridgehead atoms. The van der Waals surface area contributed by atoms with Crippen molar-refractivity contribution in [3.63, 3.8) is 0 Å². The van der Waals surface area contributed by atoms with Crippen LogP contribution in [0.2, 0.25) is 0 Å². The number of carbonyl (C=O) groups is 2. The molecule has 0 aliphatic rings. The largest absolute Gasteiger partial charge is 0.478 e. The van der Waals surface area contributed by atoms with Crippen molar-refractivity contribution in [1.29, 1.82) is 0 Å². The third-order valence-corrected chi connectivity index (χ3v) is 0.542. The smallest absolute Gasteiger partial charge is 0.329 e. The van der Waals surface area contributed by atoms with Crippen LogP contribution in [-0.2, 0) is 14.3 Å². The molecule has 0 saturated carbocycles. The fourth-order valence-corrected chi connectivity index (χ4v) is 0.0833. The van der Waals surface area contributed by atoms with Gasteiger partial charge in [0.2, 0.25) is 0 Å². The molecular formula is C7H10O4. The van der Waals surface area contributed by atoms with Gasteiger partial charge in [-0.2, -0.15) is 0 Å². The highest BCUT2D eigenvalue weighted by molar-refractivity contribution is 5.80. The number of hydrogen-bond donors (Lipinski definition) is 1. The maximum Gasteiger partial charge on any atom is 0.329 e. The van der Waals surface area contributed by atoms with Gasteiger partial charge in [0, 0.05) is 12.2 Å². The Morgan fingerprint density at radius 2 is 1.73 bits per heavy atom. The second-order valence-electron chi connectivity index (χ2n) is 1.27. The van der Waals surface area contributed by atoms with E-state index in [9.17, 15) is 9.59 Å². The van der Waals surface area contributed by atoms with E-state index in [0.29, 0.717) is 0 Å². The van der Waals surface area contributed by atoms with Crippen LogP contribution < -0.4 is 0 Å². The number of rotatable bonds is 2. The van der Waals surface area contributed by atoms with Gasteiger partial charge in [-0.3, -0.25) is 0 Å². The molecule has 0 saturated heterocycles. The molecule has 0 radical (unpaired) electrons. The quantitative estimate of drug-likeness (QED) is 0.472. The number of aliphatic carboxylic acids is 1. The molecule has 0 aromatic rings. The van der Waals surface area contributed by atoms with Crippen LogP contribution in [0.3, 0.4) is 0 Å². The minimum absolute atomic E-state index is 0.394. The number of ether oxygens (including phenoxy) is 1. The molecule has 11 heavy (non-hydrogen) atoms. The lowest BCUT2D eigenvalue weighted by Gasteiger charge is -1.83. The van der Waals surface area contributed by atoms with Gasteiger partial charge in [-0.15, -0.1) is 0 Å². The van der Waals surface area contributed by atoms with E-state index in [0.717, 1.165) is 12.2 Å². The molecule has 4 nitrogen and oxygen atoms in total. The minimum atomic E-state index is -0.981. The first-order valence-electron chi connectivity index (χ1n) is 2.64. The molecule has 0 amide bonds. The van der Waals surface area contributed by atoms with Crippen LogP contribution in [0.25, 0.3) is 0 Å². The first kappa shape index (κ1) is 12.1. The molecule has 0 fully saturated rings. The summed E-state index contributed by atoms with van der Waals surface area (Å²) < 4.78 is 4.14. The fraction of sp³-hybridized carbons (Fsp3) is 0.143. The molecule has 1 N–H and O–H groups in total. The summed E-state index contributed by atoms with van der Waals surface area (Å²) in [6, 6.07) is 0. The first-order valence-corrected chi connectivity index (χ1v) is 2.64. The van der Waals surface area contributed by atoms with Gasteiger partial charge >= 0.3 is 11.9 Å². The van der Waals surface area contributed by atoms with Crippen LogP contribution >= 0.6 is 0 Å². The Hall–Kier alpha value is -1.58. The van der Waals surface area contributed by atoms with Crippen molar-refractivity contribution < 1.29 is 19.4 Å². The Morgan fingerprint density at radius 3 is 1.73 bits per heavy atom. The second-order valence-corrected chi connectivity index (χ2v) is 1.27. The molecule has 0 rings (SSSR count). The summed E-state index contributed by atoms with van der Waals surface area (Å²) in [4.78, 5) is 19.1. The Balaban J connectivity index is 0. The second kappa shape index (κ2) is 8.42. The van der Waals surface area contributed by atoms with E-state index in [1.54, 1.807) is 0 Å². The van der Waals surface area contributed by atoms with Gasteiger partial charge in [0.05, 0.1) is 7.11 Å². The highest BCUT2D eigenvalue weighted by atomic mass is 16.5. The van der Waals surface area contributed by atoms with E-state index in [1.165, 1.54) is 7.11 Å². The summed E-state index contributed by atoms with van der Waals surface area (Å²) in [5.74, 6) is -1.37. The van der Waals surface area contributed by atoms with Crippen molar-refractivity contribution in [1.82, 2.24) is 0 Å². The van der Waals surface area contributed by atoms with E-state index in [4.69, 9.17) is 5.11 Å². The van der Waals surface area contributed by atoms with Crippen LogP contribution in [0, 0.1) is 0 Å². The lowest BCUT2D eigenvalue weighted by Crippen LogP contribution is -1.91. The van der Waals surface area contributed by atoms with Crippen molar-refractivity contribution in [3.8, 4) is 0 Å². The molecule has 0 aromatic carbocycles. The Kier molecular flexibility index (Phi) is 9.29. The standard InChI is InChI=1S/C4H6O2.C3H4O2/c1-3-4(5)6-2;1-2-3(4)5/h3H,1H2,2H3;2H,1H2,(H,4,5). The summed E-state index contributed by atoms with van der Waals surface area (Å²) in [5.41, 5.74) is 0. The first-order chi connectivity index (χ1) is 5.08. The Bertz CT molecular complexity index is 160. The molecule has 0 spiro atoms. The highest BCUT2D eigenvalue weighted by Gasteiger charge is 1.81. The third-order valence-electron chi connectivity index (χ3n) is 0.542. The molecule has 0 heterocycles. The zero-order valence-electron chi connectivity index (χ0n) is 6.24. The number of carboxylic acid groups (broad SMARTS) is 1. The summed E-state index contributed by atoms with van der Waals surface area (Å²) in [6.45, 7) is 6.12. The summed E-state index contributed by atoms with van der Waals surface area (Å²) in [7, 11) is 1.31. The lowest BCUT2D eigenvalue weighted by atomic mass is 10.7. The summed E-state index contributed by atoms with van der Waals surface area (Å²) in [5, 5.41) is 7.60. The van der Waals surface area contributed by atoms with E-state index >= 15 is 0 Å². The Morgan fingerprint density at radius 1 is 1.36 bits per heavy atom. The zero-order valence-corrected chi connectivity index (χ0v) is 6.24. The number of carboxylic acids is 1. The molecule has 0 unspecified atom stereocenters. The van der Waals surface area contributed by atoms with Crippen molar-refractivity contribution in [3.05, 3.63) is 25.3 Å². The van der Waals surface area contributed by atoms with Crippen LogP contribution in [0.15, 0.2) is 25.3 Å². The lowest BCUT2D eigenvalue weighted by molar-refractivity contribution is -0.135. The summed E-state index contributed by atoms with van der Waals surface area (Å²) >= 11 is 0. The van der Waals surface area contributed by atoms with Gasteiger partial charge in [-0.05, 0) is 0 Å². The van der Waals surface area contributed by atoms with Crippen LogP contribution in [0.4, 0.5) is 0 Å². The maximum atomic E-state index is 9.84. The van der Waals surface area contributed by atoms with Crippen molar-refractivity contribution in [2.75, 3.05) is 7.11 Å². The fourth-order valence-electron chi connectivity index (χ4n) is 0.0833. The normalized spacial score (nSPS) is 6.64. The van der Waals surface area contributed by atoms with Crippen molar-refractivity contribution in [2.24, 2.45) is 0 Å². The minimum Gasteiger partial charge on any atom is -0.478 e. The van der Waals surface area contributed by atoms with Gasteiger partial charge < -0.3 is 9.84 Å². The van der Waals surface area contributed by atoms with E-state index < -0.39 is 11.9 Å². The number of esters is 1. The van der Waals surface area contributed by atoms with Gasteiger partial charge in [0.1, 0.15) is 0 Å². The van der Waals surface area contributed by atoms with Gasteiger partial charge in [-0.1, -0.05) is 13.2 Å². The maximum absolute atomic E-state index is 9.84. The molecular weight excluding hydrogens is 148 g/mol.